The van der Waals surface area contributed by atoms with Crippen molar-refractivity contribution in [3.05, 3.63) is 106 Å². The van der Waals surface area contributed by atoms with Crippen LogP contribution in [0.15, 0.2) is 66.2 Å². The number of ketones is 1. The molecule has 2 heterocycles. The van der Waals surface area contributed by atoms with E-state index in [9.17, 15) is 14.4 Å². The van der Waals surface area contributed by atoms with Crippen LogP contribution in [0.25, 0.3) is 6.08 Å². The minimum Gasteiger partial charge on any atom is -0.490 e. The molecular weight excluding hydrogens is 615 g/mol. The number of nitrogens with one attached hydrogen (secondary N) is 3. The van der Waals surface area contributed by atoms with Crippen LogP contribution in [0.4, 0.5) is 4.39 Å². The molecule has 10 nitrogen and oxygen atoms in total. The molecule has 1 saturated heterocycles. The molecule has 3 N–H and O–H groups in total. The summed E-state index contributed by atoms with van der Waals surface area (Å²) in [6.45, 7) is 6.30. The number of nitrogens with zero attached hydrogens (tertiary/aromatic N) is 1. The lowest BCUT2D eigenvalue weighted by Gasteiger charge is -2.21. The fraction of sp³-hybridized carbons (Fsp3) is 0.294. The summed E-state index contributed by atoms with van der Waals surface area (Å²) in [5.74, 6) is -1.86. The van der Waals surface area contributed by atoms with Gasteiger partial charge in [0.25, 0.3) is 11.8 Å². The highest BCUT2D eigenvalue weighted by Gasteiger charge is 2.30. The van der Waals surface area contributed by atoms with Crippen LogP contribution in [-0.2, 0) is 16.0 Å². The minimum absolute atomic E-state index is 0. The van der Waals surface area contributed by atoms with E-state index < -0.39 is 11.6 Å². The molecule has 12 heteroatoms. The first-order valence-electron chi connectivity index (χ1n) is 14.6. The average Bonchev–Trinajstić information content (AvgIpc) is 3.71. The van der Waals surface area contributed by atoms with E-state index in [4.69, 9.17) is 14.2 Å². The topological polar surface area (TPSA) is 127 Å². The molecular formula is C34H36ClFN4O6. The molecule has 0 bridgehead atoms. The Bertz CT molecular complexity index is 1610. The molecule has 2 atom stereocenters. The lowest BCUT2D eigenvalue weighted by atomic mass is 9.98. The first kappa shape index (κ1) is 34.5. The van der Waals surface area contributed by atoms with Gasteiger partial charge in [-0.05, 0) is 47.5 Å². The smallest absolute Gasteiger partial charge is 0.251 e. The minimum atomic E-state index is -0.746. The Morgan fingerprint density at radius 2 is 1.59 bits per heavy atom. The molecule has 1 fully saturated rings. The predicted molar refractivity (Wildman–Crippen MR) is 175 cm³/mol. The van der Waals surface area contributed by atoms with Crippen molar-refractivity contribution < 1.29 is 33.0 Å². The molecule has 46 heavy (non-hydrogen) atoms. The fourth-order valence-corrected chi connectivity index (χ4v) is 5.17. The number of carbonyl (C=O) groups is 3. The molecule has 0 aromatic heterocycles. The van der Waals surface area contributed by atoms with Crippen LogP contribution >= 0.6 is 12.4 Å². The first-order chi connectivity index (χ1) is 21.9. The van der Waals surface area contributed by atoms with Crippen LogP contribution < -0.4 is 20.7 Å². The maximum absolute atomic E-state index is 15.3. The average molecular weight is 651 g/mol. The molecule has 0 aliphatic carbocycles. The molecule has 242 valence electrons. The van der Waals surface area contributed by atoms with Crippen molar-refractivity contribution in [1.29, 1.82) is 0 Å². The summed E-state index contributed by atoms with van der Waals surface area (Å²) < 4.78 is 31.4. The molecule has 0 radical (unpaired) electrons. The van der Waals surface area contributed by atoms with Crippen molar-refractivity contribution >= 4 is 42.3 Å². The van der Waals surface area contributed by atoms with Crippen LogP contribution in [0.5, 0.6) is 5.75 Å². The highest BCUT2D eigenvalue weighted by molar-refractivity contribution is 6.11. The Labute approximate surface area is 272 Å². The van der Waals surface area contributed by atoms with Crippen LogP contribution in [0.3, 0.4) is 0 Å². The molecule has 2 aliphatic heterocycles. The number of methoxy groups -OCH3 is 1. The van der Waals surface area contributed by atoms with Crippen molar-refractivity contribution in [2.75, 3.05) is 46.6 Å². The van der Waals surface area contributed by atoms with Gasteiger partial charge in [0.15, 0.2) is 5.78 Å². The van der Waals surface area contributed by atoms with Crippen molar-refractivity contribution in [3.63, 3.8) is 0 Å². The first-order valence-corrected chi connectivity index (χ1v) is 14.6. The quantitative estimate of drug-likeness (QED) is 0.180. The van der Waals surface area contributed by atoms with Gasteiger partial charge in [0, 0.05) is 48.7 Å². The number of aliphatic imine (C=N–C) groups is 1. The summed E-state index contributed by atoms with van der Waals surface area (Å²) in [7, 11) is 1.57. The van der Waals surface area contributed by atoms with Crippen LogP contribution in [0, 0.1) is 5.82 Å². The number of hydrogen-bond acceptors (Lipinski definition) is 8. The Kier molecular flexibility index (Phi) is 12.2. The summed E-state index contributed by atoms with van der Waals surface area (Å²) in [5.41, 5.74) is 2.98. The van der Waals surface area contributed by atoms with Crippen LogP contribution in [-0.4, -0.2) is 82.5 Å². The summed E-state index contributed by atoms with van der Waals surface area (Å²) in [4.78, 5) is 43.8. The number of halogens is 2. The van der Waals surface area contributed by atoms with Gasteiger partial charge in [0.1, 0.15) is 23.7 Å². The highest BCUT2D eigenvalue weighted by Crippen LogP contribution is 2.28. The summed E-state index contributed by atoms with van der Waals surface area (Å²) in [6.07, 6.45) is 3.12. The SMILES string of the molecule is C=Cc1ccc(OCCOCCOC)c(C(=O)c2ccc(C(=O)N[C@@H]3CNC[C@H]3NC(=O)c3ccc4c(c3)CN=C4)cc2)c1F.Cl. The second kappa shape index (κ2) is 16.2. The van der Waals surface area contributed by atoms with Crippen molar-refractivity contribution in [2.24, 2.45) is 4.99 Å². The van der Waals surface area contributed by atoms with E-state index >= 15 is 4.39 Å². The lowest BCUT2D eigenvalue weighted by Crippen LogP contribution is -2.51. The van der Waals surface area contributed by atoms with E-state index in [2.05, 4.69) is 27.5 Å². The fourth-order valence-electron chi connectivity index (χ4n) is 5.17. The third kappa shape index (κ3) is 8.04. The monoisotopic (exact) mass is 650 g/mol. The largest absolute Gasteiger partial charge is 0.490 e. The second-order valence-electron chi connectivity index (χ2n) is 10.6. The highest BCUT2D eigenvalue weighted by atomic mass is 35.5. The van der Waals surface area contributed by atoms with Gasteiger partial charge in [-0.25, -0.2) is 4.39 Å². The number of fused-ring (bicyclic) bond motifs is 1. The van der Waals surface area contributed by atoms with Gasteiger partial charge < -0.3 is 30.2 Å². The van der Waals surface area contributed by atoms with Crippen molar-refractivity contribution in [1.82, 2.24) is 16.0 Å². The molecule has 3 aromatic carbocycles. The third-order valence-electron chi connectivity index (χ3n) is 7.65. The van der Waals surface area contributed by atoms with E-state index in [0.29, 0.717) is 44.0 Å². The van der Waals surface area contributed by atoms with Gasteiger partial charge in [-0.2, -0.15) is 0 Å². The maximum atomic E-state index is 15.3. The summed E-state index contributed by atoms with van der Waals surface area (Å²) in [6, 6.07) is 13.8. The number of amides is 2. The van der Waals surface area contributed by atoms with Crippen molar-refractivity contribution in [3.8, 4) is 5.75 Å². The zero-order chi connectivity index (χ0) is 31.8. The molecule has 2 aliphatic rings. The normalized spacial score (nSPS) is 16.3. The standard InChI is InChI=1S/C34H35FN4O6.ClH/c1-3-21-10-11-29(45-15-14-44-13-12-43-2)30(31(21)35)32(40)22-4-6-23(7-5-22)33(41)38-27-19-37-20-28(27)39-34(42)24-8-9-25-17-36-18-26(25)16-24;/h3-11,16-17,27-28,37H,1,12-15,18-20H2,2H3,(H,38,41)(H,39,42);1H/t27-,28-;/m1./s1. The Hall–Kier alpha value is -4.42. The van der Waals surface area contributed by atoms with Gasteiger partial charge in [-0.3, -0.25) is 19.4 Å². The molecule has 2 amide bonds. The number of hydrogen-bond donors (Lipinski definition) is 3. The van der Waals surface area contributed by atoms with E-state index in [1.165, 1.54) is 42.5 Å². The van der Waals surface area contributed by atoms with E-state index in [1.807, 2.05) is 12.1 Å². The van der Waals surface area contributed by atoms with E-state index in [0.717, 1.165) is 11.1 Å². The maximum Gasteiger partial charge on any atom is 0.251 e. The molecule has 3 aromatic rings. The van der Waals surface area contributed by atoms with Gasteiger partial charge in [0.2, 0.25) is 0 Å². The Balaban J connectivity index is 0.00000480. The third-order valence-corrected chi connectivity index (χ3v) is 7.65. The van der Waals surface area contributed by atoms with Crippen LogP contribution in [0.2, 0.25) is 0 Å². The number of rotatable bonds is 14. The van der Waals surface area contributed by atoms with E-state index in [1.54, 1.807) is 19.4 Å². The lowest BCUT2D eigenvalue weighted by molar-refractivity contribution is 0.0541. The number of ether oxygens (including phenoxy) is 3. The number of carbonyl (C=O) groups excluding carboxylic acids is 3. The zero-order valence-corrected chi connectivity index (χ0v) is 26.2. The summed E-state index contributed by atoms with van der Waals surface area (Å²) >= 11 is 0. The van der Waals surface area contributed by atoms with Gasteiger partial charge in [-0.15, -0.1) is 12.4 Å². The zero-order valence-electron chi connectivity index (χ0n) is 25.3. The Morgan fingerprint density at radius 1 is 0.935 bits per heavy atom. The molecule has 0 spiro atoms. The van der Waals surface area contributed by atoms with Gasteiger partial charge in [0.05, 0.1) is 38.4 Å². The molecule has 5 rings (SSSR count). The molecule has 0 saturated carbocycles. The second-order valence-corrected chi connectivity index (χ2v) is 10.6. The van der Waals surface area contributed by atoms with Crippen molar-refractivity contribution in [2.45, 2.75) is 18.6 Å². The molecule has 0 unspecified atom stereocenters. The van der Waals surface area contributed by atoms with Gasteiger partial charge in [-0.1, -0.05) is 30.9 Å². The number of benzene rings is 3. The van der Waals surface area contributed by atoms with Crippen LogP contribution in [0.1, 0.15) is 53.3 Å². The van der Waals surface area contributed by atoms with Gasteiger partial charge >= 0.3 is 0 Å². The Morgan fingerprint density at radius 3 is 2.28 bits per heavy atom. The van der Waals surface area contributed by atoms with E-state index in [-0.39, 0.29) is 72.0 Å². The predicted octanol–water partition coefficient (Wildman–Crippen LogP) is 3.60. The summed E-state index contributed by atoms with van der Waals surface area (Å²) in [5, 5.41) is 9.18.